The quantitative estimate of drug-likeness (QED) is 0.384. The van der Waals surface area contributed by atoms with Crippen molar-refractivity contribution in [3.63, 3.8) is 0 Å². The highest BCUT2D eigenvalue weighted by Crippen LogP contribution is 2.35. The van der Waals surface area contributed by atoms with Gasteiger partial charge in [-0.1, -0.05) is 43.7 Å². The van der Waals surface area contributed by atoms with Crippen LogP contribution in [0.1, 0.15) is 68.6 Å². The first kappa shape index (κ1) is 24.3. The van der Waals surface area contributed by atoms with E-state index in [1.807, 2.05) is 12.1 Å². The summed E-state index contributed by atoms with van der Waals surface area (Å²) < 4.78 is 5.48. The largest absolute Gasteiger partial charge is 0.497 e. The molecule has 2 aromatic carbocycles. The minimum Gasteiger partial charge on any atom is -0.497 e. The minimum atomic E-state index is -0.0435. The Hall–Kier alpha value is -2.79. The van der Waals surface area contributed by atoms with Crippen LogP contribution in [0.5, 0.6) is 5.75 Å². The number of benzene rings is 2. The predicted octanol–water partition coefficient (Wildman–Crippen LogP) is 5.64. The van der Waals surface area contributed by atoms with Crippen molar-refractivity contribution in [3.05, 3.63) is 65.4 Å². The normalized spacial score (nSPS) is 17.6. The van der Waals surface area contributed by atoms with Crippen molar-refractivity contribution in [3.8, 4) is 5.75 Å². The molecule has 2 N–H and O–H groups in total. The number of rotatable bonds is 10. The van der Waals surface area contributed by atoms with Gasteiger partial charge in [0.2, 0.25) is 5.91 Å². The maximum atomic E-state index is 13.1. The molecule has 1 saturated heterocycles. The summed E-state index contributed by atoms with van der Waals surface area (Å²) in [6.45, 7) is 7.46. The molecule has 34 heavy (non-hydrogen) atoms. The predicted molar refractivity (Wildman–Crippen MR) is 140 cm³/mol. The number of nitrogens with one attached hydrogen (secondary N) is 2. The molecule has 0 unspecified atom stereocenters. The Kier molecular flexibility index (Phi) is 8.28. The lowest BCUT2D eigenvalue weighted by molar-refractivity contribution is -0.121. The average Bonchev–Trinajstić information content (AvgIpc) is 3.30. The number of H-pyrrole nitrogens is 1. The summed E-state index contributed by atoms with van der Waals surface area (Å²) in [6.07, 6.45) is 8.38. The Morgan fingerprint density at radius 3 is 2.88 bits per heavy atom. The monoisotopic (exact) mass is 461 g/mol. The van der Waals surface area contributed by atoms with Crippen molar-refractivity contribution in [2.24, 2.45) is 0 Å². The molecule has 0 saturated carbocycles. The number of nitrogens with zero attached hydrogens (tertiary/aromatic N) is 1. The molecule has 5 heteroatoms. The van der Waals surface area contributed by atoms with E-state index < -0.39 is 0 Å². The summed E-state index contributed by atoms with van der Waals surface area (Å²) in [7, 11) is 1.68. The number of likely N-dealkylation sites (tertiary alicyclic amines) is 1. The second kappa shape index (κ2) is 11.6. The van der Waals surface area contributed by atoms with Crippen molar-refractivity contribution >= 4 is 16.8 Å². The number of amides is 1. The summed E-state index contributed by atoms with van der Waals surface area (Å²) in [6, 6.07) is 15.2. The molecule has 2 heterocycles. The highest BCUT2D eigenvalue weighted by atomic mass is 16.5. The number of aromatic nitrogens is 1. The molecule has 1 aliphatic heterocycles. The number of piperidine rings is 1. The van der Waals surface area contributed by atoms with Gasteiger partial charge in [0.05, 0.1) is 7.11 Å². The highest BCUT2D eigenvalue weighted by molar-refractivity contribution is 5.88. The lowest BCUT2D eigenvalue weighted by Gasteiger charge is -2.33. The topological polar surface area (TPSA) is 57.4 Å². The van der Waals surface area contributed by atoms with Gasteiger partial charge in [0.1, 0.15) is 5.75 Å². The molecule has 0 radical (unpaired) electrons. The van der Waals surface area contributed by atoms with Crippen LogP contribution in [0.3, 0.4) is 0 Å². The highest BCUT2D eigenvalue weighted by Gasteiger charge is 2.23. The van der Waals surface area contributed by atoms with Gasteiger partial charge in [-0.3, -0.25) is 4.79 Å². The van der Waals surface area contributed by atoms with Gasteiger partial charge in [-0.05, 0) is 68.0 Å². The minimum absolute atomic E-state index is 0.0435. The Bertz CT molecular complexity index is 1090. The molecule has 1 aromatic heterocycles. The zero-order valence-corrected chi connectivity index (χ0v) is 20.9. The maximum Gasteiger partial charge on any atom is 0.220 e. The average molecular weight is 462 g/mol. The molecule has 5 nitrogen and oxygen atoms in total. The first-order valence-electron chi connectivity index (χ1n) is 12.8. The van der Waals surface area contributed by atoms with Crippen molar-refractivity contribution in [1.82, 2.24) is 15.2 Å². The summed E-state index contributed by atoms with van der Waals surface area (Å²) in [5.74, 6) is 0.867. The van der Waals surface area contributed by atoms with Crippen LogP contribution in [0.25, 0.3) is 10.9 Å². The maximum absolute atomic E-state index is 13.1. The standard InChI is InChI=1S/C29H39N3O2/c1-4-22-11-8-14-25-27(20-31-29(22)25)26(23-12-7-13-24(18-23)34-3)19-28(33)30-15-9-17-32-16-6-5-10-21(32)2/h7-8,11-14,18,20-21,26,31H,4-6,9-10,15-17,19H2,1-3H3,(H,30,33)/t21-,26+/m0/s1. The third-order valence-electron chi connectivity index (χ3n) is 7.36. The van der Waals surface area contributed by atoms with Crippen LogP contribution in [0.15, 0.2) is 48.7 Å². The molecule has 3 aromatic rings. The van der Waals surface area contributed by atoms with E-state index in [1.165, 1.54) is 42.3 Å². The van der Waals surface area contributed by atoms with Crippen LogP contribution >= 0.6 is 0 Å². The van der Waals surface area contributed by atoms with Gasteiger partial charge in [-0.25, -0.2) is 0 Å². The number of carbonyl (C=O) groups is 1. The summed E-state index contributed by atoms with van der Waals surface area (Å²) in [5, 5.41) is 4.38. The number of para-hydroxylation sites is 1. The first-order valence-corrected chi connectivity index (χ1v) is 12.8. The molecule has 1 fully saturated rings. The number of hydrogen-bond acceptors (Lipinski definition) is 3. The fourth-order valence-electron chi connectivity index (χ4n) is 5.34. The van der Waals surface area contributed by atoms with Crippen LogP contribution in [0.2, 0.25) is 0 Å². The van der Waals surface area contributed by atoms with E-state index in [9.17, 15) is 4.79 Å². The molecule has 2 atom stereocenters. The van der Waals surface area contributed by atoms with E-state index in [0.29, 0.717) is 12.5 Å². The zero-order valence-electron chi connectivity index (χ0n) is 20.9. The van der Waals surface area contributed by atoms with Crippen molar-refractivity contribution < 1.29 is 9.53 Å². The van der Waals surface area contributed by atoms with Crippen LogP contribution in [0, 0.1) is 0 Å². The number of fused-ring (bicyclic) bond motifs is 1. The second-order valence-corrected chi connectivity index (χ2v) is 9.55. The molecule has 4 rings (SSSR count). The number of aryl methyl sites for hydroxylation is 1. The Morgan fingerprint density at radius 1 is 1.24 bits per heavy atom. The van der Waals surface area contributed by atoms with Gasteiger partial charge in [-0.15, -0.1) is 0 Å². The van der Waals surface area contributed by atoms with Crippen LogP contribution in [0.4, 0.5) is 0 Å². The molecule has 0 spiro atoms. The van der Waals surface area contributed by atoms with E-state index in [4.69, 9.17) is 4.74 Å². The molecule has 0 aliphatic carbocycles. The third kappa shape index (κ3) is 5.64. The summed E-state index contributed by atoms with van der Waals surface area (Å²) >= 11 is 0. The number of carbonyl (C=O) groups excluding carboxylic acids is 1. The van der Waals surface area contributed by atoms with Gasteiger partial charge in [0, 0.05) is 48.6 Å². The van der Waals surface area contributed by atoms with Gasteiger partial charge in [-0.2, -0.15) is 0 Å². The van der Waals surface area contributed by atoms with Crippen molar-refractivity contribution in [2.75, 3.05) is 26.7 Å². The number of aromatic amines is 1. The molecule has 1 amide bonds. The van der Waals surface area contributed by atoms with Gasteiger partial charge < -0.3 is 19.9 Å². The Labute approximate surface area is 203 Å². The molecular formula is C29H39N3O2. The third-order valence-corrected chi connectivity index (χ3v) is 7.36. The van der Waals surface area contributed by atoms with Crippen molar-refractivity contribution in [1.29, 1.82) is 0 Å². The van der Waals surface area contributed by atoms with Crippen molar-refractivity contribution in [2.45, 2.75) is 64.3 Å². The fourth-order valence-corrected chi connectivity index (χ4v) is 5.34. The van der Waals surface area contributed by atoms with Gasteiger partial charge >= 0.3 is 0 Å². The lowest BCUT2D eigenvalue weighted by atomic mass is 9.87. The Balaban J connectivity index is 1.48. The Morgan fingerprint density at radius 2 is 2.09 bits per heavy atom. The molecular weight excluding hydrogens is 422 g/mol. The van der Waals surface area contributed by atoms with E-state index in [1.54, 1.807) is 7.11 Å². The zero-order chi connectivity index (χ0) is 23.9. The van der Waals surface area contributed by atoms with Crippen LogP contribution < -0.4 is 10.1 Å². The second-order valence-electron chi connectivity index (χ2n) is 9.55. The van der Waals surface area contributed by atoms with E-state index in [-0.39, 0.29) is 11.8 Å². The number of methoxy groups -OCH3 is 1. The lowest BCUT2D eigenvalue weighted by Crippen LogP contribution is -2.39. The fraction of sp³-hybridized carbons (Fsp3) is 0.483. The smallest absolute Gasteiger partial charge is 0.220 e. The number of hydrogen-bond donors (Lipinski definition) is 2. The SMILES string of the molecule is CCc1cccc2c([C@H](CC(=O)NCCCN3CCCC[C@@H]3C)c3cccc(OC)c3)c[nH]c12. The van der Waals surface area contributed by atoms with E-state index >= 15 is 0 Å². The van der Waals surface area contributed by atoms with Crippen LogP contribution in [-0.2, 0) is 11.2 Å². The van der Waals surface area contributed by atoms with E-state index in [2.05, 4.69) is 65.6 Å². The first-order chi connectivity index (χ1) is 16.6. The number of ether oxygens (including phenoxy) is 1. The molecule has 1 aliphatic rings. The van der Waals surface area contributed by atoms with Gasteiger partial charge in [0.25, 0.3) is 0 Å². The van der Waals surface area contributed by atoms with Gasteiger partial charge in [0.15, 0.2) is 0 Å². The molecule has 0 bridgehead atoms. The van der Waals surface area contributed by atoms with Crippen LogP contribution in [-0.4, -0.2) is 48.6 Å². The molecule has 182 valence electrons. The summed E-state index contributed by atoms with van der Waals surface area (Å²) in [4.78, 5) is 19.1. The summed E-state index contributed by atoms with van der Waals surface area (Å²) in [5.41, 5.74) is 4.73. The van der Waals surface area contributed by atoms with E-state index in [0.717, 1.165) is 42.8 Å².